The Hall–Kier alpha value is -2.02. The number of pyridine rings is 1. The lowest BCUT2D eigenvalue weighted by molar-refractivity contribution is -0.00430. The van der Waals surface area contributed by atoms with Gasteiger partial charge in [0.1, 0.15) is 6.10 Å². The zero-order chi connectivity index (χ0) is 21.2. The minimum atomic E-state index is -0.419. The van der Waals surface area contributed by atoms with Crippen LogP contribution in [0.2, 0.25) is 10.0 Å². The van der Waals surface area contributed by atoms with Crippen molar-refractivity contribution in [2.24, 2.45) is 5.41 Å². The minimum Gasteiger partial charge on any atom is -0.493 e. The molecule has 29 heavy (non-hydrogen) atoms. The van der Waals surface area contributed by atoms with Crippen molar-refractivity contribution in [1.82, 2.24) is 4.98 Å². The summed E-state index contributed by atoms with van der Waals surface area (Å²) >= 11 is 12.2. The average Bonchev–Trinajstić information content (AvgIpc) is 2.63. The van der Waals surface area contributed by atoms with Crippen LogP contribution in [0.5, 0.6) is 11.5 Å². The molecule has 1 aliphatic carbocycles. The highest BCUT2D eigenvalue weighted by atomic mass is 35.5. The molecule has 0 radical (unpaired) electrons. The fourth-order valence-corrected chi connectivity index (χ4v) is 4.16. The van der Waals surface area contributed by atoms with Crippen LogP contribution in [-0.4, -0.2) is 35.3 Å². The lowest BCUT2D eigenvalue weighted by Gasteiger charge is -2.38. The fraction of sp³-hybridized carbons (Fsp3) is 0.429. The Morgan fingerprint density at radius 1 is 1.21 bits per heavy atom. The number of aliphatic hydroxyl groups excluding tert-OH is 1. The first-order chi connectivity index (χ1) is 13.7. The van der Waals surface area contributed by atoms with Gasteiger partial charge in [-0.2, -0.15) is 0 Å². The number of hydrogen-bond acceptors (Lipinski definition) is 5. The summed E-state index contributed by atoms with van der Waals surface area (Å²) in [7, 11) is 1.54. The van der Waals surface area contributed by atoms with Gasteiger partial charge < -0.3 is 19.9 Å². The molecule has 0 spiro atoms. The second kappa shape index (κ2) is 8.78. The van der Waals surface area contributed by atoms with E-state index in [2.05, 4.69) is 24.1 Å². The topological polar surface area (TPSA) is 80.7 Å². The van der Waals surface area contributed by atoms with Gasteiger partial charge in [0.25, 0.3) is 5.91 Å². The molecule has 1 aliphatic rings. The molecule has 1 fully saturated rings. The molecular formula is C21H24Cl2N2O4. The maximum absolute atomic E-state index is 12.7. The molecule has 2 aromatic rings. The van der Waals surface area contributed by atoms with E-state index in [1.54, 1.807) is 18.2 Å². The number of amides is 1. The number of anilines is 1. The van der Waals surface area contributed by atoms with Crippen molar-refractivity contribution in [1.29, 1.82) is 0 Å². The van der Waals surface area contributed by atoms with Gasteiger partial charge in [-0.25, -0.2) is 0 Å². The third-order valence-electron chi connectivity index (χ3n) is 4.91. The van der Waals surface area contributed by atoms with E-state index in [4.69, 9.17) is 32.7 Å². The summed E-state index contributed by atoms with van der Waals surface area (Å²) in [5, 5.41) is 13.4. The Morgan fingerprint density at radius 3 is 2.52 bits per heavy atom. The molecular weight excluding hydrogens is 415 g/mol. The smallest absolute Gasteiger partial charge is 0.255 e. The van der Waals surface area contributed by atoms with Gasteiger partial charge in [-0.3, -0.25) is 9.78 Å². The molecule has 2 N–H and O–H groups in total. The van der Waals surface area contributed by atoms with Crippen LogP contribution in [0.3, 0.4) is 0 Å². The van der Waals surface area contributed by atoms with Crippen molar-refractivity contribution in [2.45, 2.75) is 45.3 Å². The molecule has 0 bridgehead atoms. The highest BCUT2D eigenvalue weighted by Gasteiger charge is 2.34. The highest BCUT2D eigenvalue weighted by Crippen LogP contribution is 2.39. The third-order valence-corrected chi connectivity index (χ3v) is 5.49. The molecule has 6 nitrogen and oxygen atoms in total. The summed E-state index contributed by atoms with van der Waals surface area (Å²) in [6.45, 7) is 4.21. The van der Waals surface area contributed by atoms with Crippen molar-refractivity contribution in [3.63, 3.8) is 0 Å². The summed E-state index contributed by atoms with van der Waals surface area (Å²) in [4.78, 5) is 16.6. The SMILES string of the molecule is COc1ccc(C(=O)Nc2c(Cl)cncc2Cl)cc1O[C@H]1C[C@H](O)CC(C)(C)C1. The third kappa shape index (κ3) is 5.32. The largest absolute Gasteiger partial charge is 0.493 e. The van der Waals surface area contributed by atoms with Gasteiger partial charge in [0.2, 0.25) is 0 Å². The number of halogens is 2. The number of aromatic nitrogens is 1. The monoisotopic (exact) mass is 438 g/mol. The van der Waals surface area contributed by atoms with Gasteiger partial charge in [-0.15, -0.1) is 0 Å². The number of methoxy groups -OCH3 is 1. The highest BCUT2D eigenvalue weighted by molar-refractivity contribution is 6.39. The number of nitrogens with zero attached hydrogens (tertiary/aromatic N) is 1. The molecule has 0 unspecified atom stereocenters. The van der Waals surface area contributed by atoms with E-state index < -0.39 is 12.0 Å². The lowest BCUT2D eigenvalue weighted by atomic mass is 9.75. The van der Waals surface area contributed by atoms with E-state index >= 15 is 0 Å². The molecule has 1 saturated carbocycles. The molecule has 1 aromatic heterocycles. The number of rotatable bonds is 5. The van der Waals surface area contributed by atoms with Crippen LogP contribution in [0.4, 0.5) is 5.69 Å². The van der Waals surface area contributed by atoms with Gasteiger partial charge in [-0.05, 0) is 36.5 Å². The molecule has 2 atom stereocenters. The van der Waals surface area contributed by atoms with Gasteiger partial charge in [0.15, 0.2) is 11.5 Å². The molecule has 1 amide bonds. The van der Waals surface area contributed by atoms with Crippen LogP contribution in [-0.2, 0) is 0 Å². The predicted octanol–water partition coefficient (Wildman–Crippen LogP) is 4.97. The molecule has 3 rings (SSSR count). The molecule has 8 heteroatoms. The zero-order valence-electron chi connectivity index (χ0n) is 16.5. The summed E-state index contributed by atoms with van der Waals surface area (Å²) in [6, 6.07) is 4.92. The van der Waals surface area contributed by atoms with E-state index in [0.717, 1.165) is 12.8 Å². The second-order valence-corrected chi connectivity index (χ2v) is 8.81. The van der Waals surface area contributed by atoms with Crippen LogP contribution < -0.4 is 14.8 Å². The van der Waals surface area contributed by atoms with Gasteiger partial charge in [-0.1, -0.05) is 37.0 Å². The normalized spacial score (nSPS) is 20.8. The Balaban J connectivity index is 1.82. The summed E-state index contributed by atoms with van der Waals surface area (Å²) in [5.74, 6) is 0.567. The summed E-state index contributed by atoms with van der Waals surface area (Å²) in [6.07, 6.45) is 4.28. The van der Waals surface area contributed by atoms with E-state index in [1.807, 2.05) is 0 Å². The van der Waals surface area contributed by atoms with Gasteiger partial charge in [0.05, 0.1) is 28.9 Å². The quantitative estimate of drug-likeness (QED) is 0.688. The number of ether oxygens (including phenoxy) is 2. The van der Waals surface area contributed by atoms with Gasteiger partial charge >= 0.3 is 0 Å². The Labute approximate surface area is 180 Å². The average molecular weight is 439 g/mol. The summed E-state index contributed by atoms with van der Waals surface area (Å²) < 4.78 is 11.5. The molecule has 1 heterocycles. The first kappa shape index (κ1) is 21.7. The molecule has 156 valence electrons. The van der Waals surface area contributed by atoms with Crippen LogP contribution in [0.1, 0.15) is 43.5 Å². The van der Waals surface area contributed by atoms with E-state index in [1.165, 1.54) is 19.5 Å². The fourth-order valence-electron chi connectivity index (χ4n) is 3.70. The Morgan fingerprint density at radius 2 is 1.90 bits per heavy atom. The lowest BCUT2D eigenvalue weighted by Crippen LogP contribution is -2.37. The van der Waals surface area contributed by atoms with Crippen LogP contribution in [0.25, 0.3) is 0 Å². The Kier molecular flexibility index (Phi) is 6.56. The van der Waals surface area contributed by atoms with Crippen LogP contribution in [0.15, 0.2) is 30.6 Å². The summed E-state index contributed by atoms with van der Waals surface area (Å²) in [5.41, 5.74) is 0.628. The van der Waals surface area contributed by atoms with Crippen molar-refractivity contribution < 1.29 is 19.4 Å². The standard InChI is InChI=1S/C21H24Cl2N2O4/c1-21(2)8-13(26)7-14(9-21)29-18-6-12(4-5-17(18)28-3)20(27)25-19-15(22)10-24-11-16(19)23/h4-6,10-11,13-14,26H,7-9H2,1-3H3,(H,24,25,27)/t13-,14-/m0/s1. The molecule has 1 aromatic carbocycles. The van der Waals surface area contributed by atoms with Crippen LogP contribution >= 0.6 is 23.2 Å². The first-order valence-corrected chi connectivity index (χ1v) is 10.1. The number of hydrogen-bond donors (Lipinski definition) is 2. The van der Waals surface area contributed by atoms with Gasteiger partial charge in [0, 0.05) is 24.4 Å². The van der Waals surface area contributed by atoms with Crippen molar-refractivity contribution in [3.05, 3.63) is 46.2 Å². The number of nitrogens with one attached hydrogen (secondary N) is 1. The van der Waals surface area contributed by atoms with E-state index in [0.29, 0.717) is 29.2 Å². The molecule has 0 saturated heterocycles. The predicted molar refractivity (Wildman–Crippen MR) is 113 cm³/mol. The number of carbonyl (C=O) groups excluding carboxylic acids is 1. The zero-order valence-corrected chi connectivity index (χ0v) is 18.0. The number of benzene rings is 1. The van der Waals surface area contributed by atoms with Crippen LogP contribution in [0, 0.1) is 5.41 Å². The number of aliphatic hydroxyl groups is 1. The van der Waals surface area contributed by atoms with Crippen molar-refractivity contribution in [2.75, 3.05) is 12.4 Å². The van der Waals surface area contributed by atoms with Crippen molar-refractivity contribution in [3.8, 4) is 11.5 Å². The van der Waals surface area contributed by atoms with Crippen molar-refractivity contribution >= 4 is 34.8 Å². The molecule has 0 aliphatic heterocycles. The number of carbonyl (C=O) groups is 1. The second-order valence-electron chi connectivity index (χ2n) is 8.00. The minimum absolute atomic E-state index is 0.0284. The van der Waals surface area contributed by atoms with E-state index in [9.17, 15) is 9.90 Å². The maximum atomic E-state index is 12.7. The van der Waals surface area contributed by atoms with E-state index in [-0.39, 0.29) is 21.6 Å². The maximum Gasteiger partial charge on any atom is 0.255 e. The Bertz CT molecular complexity index is 884. The first-order valence-electron chi connectivity index (χ1n) is 9.31.